The fraction of sp³-hybridized carbons (Fsp3) is 0.154. The molecule has 0 aliphatic carbocycles. The standard InChI is InChI=1S/C13H14BrN3/c1-8-3-4-12(9(2)5-8)17-13-11(14)6-10(15)7-16-13/h3-7H,15H2,1-2H3,(H,16,17). The van der Waals surface area contributed by atoms with Crippen LogP contribution in [0.1, 0.15) is 11.1 Å². The third-order valence-electron chi connectivity index (χ3n) is 2.50. The lowest BCUT2D eigenvalue weighted by atomic mass is 10.1. The number of nitrogens with zero attached hydrogens (tertiary/aromatic N) is 1. The van der Waals surface area contributed by atoms with E-state index in [1.54, 1.807) is 6.20 Å². The van der Waals surface area contributed by atoms with E-state index in [4.69, 9.17) is 5.73 Å². The van der Waals surface area contributed by atoms with Crippen molar-refractivity contribution in [3.63, 3.8) is 0 Å². The van der Waals surface area contributed by atoms with Crippen LogP contribution in [0, 0.1) is 13.8 Å². The molecule has 0 unspecified atom stereocenters. The van der Waals surface area contributed by atoms with E-state index < -0.39 is 0 Å². The maximum absolute atomic E-state index is 5.65. The Balaban J connectivity index is 2.31. The third-order valence-corrected chi connectivity index (χ3v) is 3.10. The van der Waals surface area contributed by atoms with Crippen molar-refractivity contribution < 1.29 is 0 Å². The van der Waals surface area contributed by atoms with E-state index in [0.29, 0.717) is 5.69 Å². The Hall–Kier alpha value is -1.55. The molecule has 0 spiro atoms. The first-order chi connectivity index (χ1) is 8.06. The van der Waals surface area contributed by atoms with E-state index in [1.807, 2.05) is 6.07 Å². The average molecular weight is 292 g/mol. The molecule has 17 heavy (non-hydrogen) atoms. The number of anilines is 3. The largest absolute Gasteiger partial charge is 0.397 e. The molecule has 0 aliphatic rings. The van der Waals surface area contributed by atoms with Crippen molar-refractivity contribution in [1.82, 2.24) is 4.98 Å². The molecule has 0 aliphatic heterocycles. The fourth-order valence-electron chi connectivity index (χ4n) is 1.63. The van der Waals surface area contributed by atoms with Gasteiger partial charge in [0, 0.05) is 5.69 Å². The van der Waals surface area contributed by atoms with Gasteiger partial charge in [-0.3, -0.25) is 0 Å². The highest BCUT2D eigenvalue weighted by atomic mass is 79.9. The predicted molar refractivity (Wildman–Crippen MR) is 75.5 cm³/mol. The van der Waals surface area contributed by atoms with Crippen LogP contribution in [0.5, 0.6) is 0 Å². The summed E-state index contributed by atoms with van der Waals surface area (Å²) in [6.07, 6.45) is 1.64. The first-order valence-corrected chi connectivity index (χ1v) is 6.11. The Kier molecular flexibility index (Phi) is 3.33. The van der Waals surface area contributed by atoms with E-state index in [9.17, 15) is 0 Å². The van der Waals surface area contributed by atoms with Crippen LogP contribution in [0.25, 0.3) is 0 Å². The van der Waals surface area contributed by atoms with Crippen molar-refractivity contribution in [2.24, 2.45) is 0 Å². The molecule has 0 fully saturated rings. The number of aryl methyl sites for hydroxylation is 2. The van der Waals surface area contributed by atoms with Crippen molar-refractivity contribution in [3.05, 3.63) is 46.1 Å². The molecular weight excluding hydrogens is 278 g/mol. The van der Waals surface area contributed by atoms with E-state index in [-0.39, 0.29) is 0 Å². The minimum Gasteiger partial charge on any atom is -0.397 e. The number of hydrogen-bond donors (Lipinski definition) is 2. The van der Waals surface area contributed by atoms with Crippen LogP contribution in [0.2, 0.25) is 0 Å². The van der Waals surface area contributed by atoms with Gasteiger partial charge in [0.15, 0.2) is 0 Å². The number of nitrogens with one attached hydrogen (secondary N) is 1. The molecule has 0 bridgehead atoms. The predicted octanol–water partition coefficient (Wildman–Crippen LogP) is 3.79. The SMILES string of the molecule is Cc1ccc(Nc2ncc(N)cc2Br)c(C)c1. The van der Waals surface area contributed by atoms with Crippen molar-refractivity contribution in [2.45, 2.75) is 13.8 Å². The number of benzene rings is 1. The summed E-state index contributed by atoms with van der Waals surface area (Å²) in [5, 5.41) is 3.28. The molecule has 0 atom stereocenters. The van der Waals surface area contributed by atoms with Gasteiger partial charge in [-0.15, -0.1) is 0 Å². The molecular formula is C13H14BrN3. The number of rotatable bonds is 2. The van der Waals surface area contributed by atoms with Gasteiger partial charge in [-0.2, -0.15) is 0 Å². The molecule has 3 nitrogen and oxygen atoms in total. The molecule has 1 heterocycles. The van der Waals surface area contributed by atoms with Crippen LogP contribution in [0.15, 0.2) is 34.9 Å². The number of nitrogens with two attached hydrogens (primary N) is 1. The zero-order valence-electron chi connectivity index (χ0n) is 9.79. The Morgan fingerprint density at radius 1 is 1.24 bits per heavy atom. The topological polar surface area (TPSA) is 50.9 Å². The molecule has 2 rings (SSSR count). The Bertz CT molecular complexity index is 503. The van der Waals surface area contributed by atoms with Crippen molar-refractivity contribution >= 4 is 33.1 Å². The van der Waals surface area contributed by atoms with Crippen LogP contribution < -0.4 is 11.1 Å². The Morgan fingerprint density at radius 2 is 2.00 bits per heavy atom. The molecule has 1 aromatic carbocycles. The quantitative estimate of drug-likeness (QED) is 0.885. The summed E-state index contributed by atoms with van der Waals surface area (Å²) in [6, 6.07) is 8.09. The normalized spacial score (nSPS) is 10.3. The summed E-state index contributed by atoms with van der Waals surface area (Å²) in [5.41, 5.74) is 9.78. The summed E-state index contributed by atoms with van der Waals surface area (Å²) in [4.78, 5) is 4.25. The second-order valence-corrected chi connectivity index (χ2v) is 4.90. The second-order valence-electron chi connectivity index (χ2n) is 4.04. The van der Waals surface area contributed by atoms with Gasteiger partial charge in [-0.1, -0.05) is 17.7 Å². The highest BCUT2D eigenvalue weighted by Gasteiger charge is 2.04. The summed E-state index contributed by atoms with van der Waals surface area (Å²) in [7, 11) is 0. The summed E-state index contributed by atoms with van der Waals surface area (Å²) < 4.78 is 0.859. The van der Waals surface area contributed by atoms with Crippen LogP contribution in [0.3, 0.4) is 0 Å². The minimum absolute atomic E-state index is 0.642. The average Bonchev–Trinajstić information content (AvgIpc) is 2.25. The van der Waals surface area contributed by atoms with Gasteiger partial charge in [0.05, 0.1) is 16.4 Å². The first-order valence-electron chi connectivity index (χ1n) is 5.31. The van der Waals surface area contributed by atoms with E-state index >= 15 is 0 Å². The highest BCUT2D eigenvalue weighted by molar-refractivity contribution is 9.10. The van der Waals surface area contributed by atoms with Crippen molar-refractivity contribution in [2.75, 3.05) is 11.1 Å². The molecule has 0 radical (unpaired) electrons. The van der Waals surface area contributed by atoms with Crippen LogP contribution in [-0.4, -0.2) is 4.98 Å². The molecule has 0 saturated heterocycles. The monoisotopic (exact) mass is 291 g/mol. The van der Waals surface area contributed by atoms with Gasteiger partial charge in [-0.25, -0.2) is 4.98 Å². The molecule has 1 aromatic heterocycles. The van der Waals surface area contributed by atoms with Crippen LogP contribution >= 0.6 is 15.9 Å². The first kappa shape index (κ1) is 11.9. The lowest BCUT2D eigenvalue weighted by Crippen LogP contribution is -1.98. The summed E-state index contributed by atoms with van der Waals surface area (Å²) in [5.74, 6) is 0.770. The van der Waals surface area contributed by atoms with Crippen LogP contribution in [0.4, 0.5) is 17.2 Å². The van der Waals surface area contributed by atoms with E-state index in [2.05, 4.69) is 58.3 Å². The van der Waals surface area contributed by atoms with Gasteiger partial charge in [0.25, 0.3) is 0 Å². The summed E-state index contributed by atoms with van der Waals surface area (Å²) >= 11 is 3.44. The van der Waals surface area contributed by atoms with Crippen molar-refractivity contribution in [1.29, 1.82) is 0 Å². The summed E-state index contributed by atoms with van der Waals surface area (Å²) in [6.45, 7) is 4.15. The van der Waals surface area contributed by atoms with Gasteiger partial charge in [0.1, 0.15) is 5.82 Å². The molecule has 0 amide bonds. The van der Waals surface area contributed by atoms with Gasteiger partial charge in [0.2, 0.25) is 0 Å². The van der Waals surface area contributed by atoms with Gasteiger partial charge in [-0.05, 0) is 47.5 Å². The van der Waals surface area contributed by atoms with Crippen LogP contribution in [-0.2, 0) is 0 Å². The number of hydrogen-bond acceptors (Lipinski definition) is 3. The number of nitrogen functional groups attached to an aromatic ring is 1. The molecule has 0 saturated carbocycles. The van der Waals surface area contributed by atoms with Gasteiger partial charge < -0.3 is 11.1 Å². The minimum atomic E-state index is 0.642. The molecule has 3 N–H and O–H groups in total. The second kappa shape index (κ2) is 4.75. The lowest BCUT2D eigenvalue weighted by Gasteiger charge is -2.11. The smallest absolute Gasteiger partial charge is 0.144 e. The zero-order chi connectivity index (χ0) is 12.4. The lowest BCUT2D eigenvalue weighted by molar-refractivity contribution is 1.28. The molecule has 4 heteroatoms. The van der Waals surface area contributed by atoms with E-state index in [1.165, 1.54) is 11.1 Å². The highest BCUT2D eigenvalue weighted by Crippen LogP contribution is 2.27. The maximum Gasteiger partial charge on any atom is 0.144 e. The number of halogens is 1. The number of aromatic nitrogens is 1. The van der Waals surface area contributed by atoms with Gasteiger partial charge >= 0.3 is 0 Å². The molecule has 2 aromatic rings. The zero-order valence-corrected chi connectivity index (χ0v) is 11.4. The fourth-order valence-corrected chi connectivity index (χ4v) is 2.09. The maximum atomic E-state index is 5.65. The third kappa shape index (κ3) is 2.77. The van der Waals surface area contributed by atoms with E-state index in [0.717, 1.165) is 16.0 Å². The Labute approximate surface area is 109 Å². The number of pyridine rings is 1. The van der Waals surface area contributed by atoms with Crippen molar-refractivity contribution in [3.8, 4) is 0 Å². The molecule has 88 valence electrons. The Morgan fingerprint density at radius 3 is 2.65 bits per heavy atom.